The molecule has 0 amide bonds. The van der Waals surface area contributed by atoms with Crippen LogP contribution in [-0.2, 0) is 4.74 Å². The summed E-state index contributed by atoms with van der Waals surface area (Å²) >= 11 is 1.40. The van der Waals surface area contributed by atoms with Crippen molar-refractivity contribution in [3.63, 3.8) is 0 Å². The van der Waals surface area contributed by atoms with Gasteiger partial charge in [-0.25, -0.2) is 9.78 Å². The van der Waals surface area contributed by atoms with Crippen LogP contribution in [0.1, 0.15) is 31.3 Å². The summed E-state index contributed by atoms with van der Waals surface area (Å²) in [6.45, 7) is 6.89. The summed E-state index contributed by atoms with van der Waals surface area (Å²) in [5.74, 6) is -0.372. The fourth-order valence-electron chi connectivity index (χ4n) is 1.06. The van der Waals surface area contributed by atoms with Gasteiger partial charge in [-0.15, -0.1) is 11.3 Å². The van der Waals surface area contributed by atoms with Gasteiger partial charge in [0, 0.05) is 6.54 Å². The molecule has 1 N–H and O–H groups in total. The standard InChI is InChI=1S/C11H16N2O2S/c1-4-15-11(14)9-10(16-7-13-9)12-6-5-8(2)3/h5,7,12H,4,6H2,1-3H3. The van der Waals surface area contributed by atoms with E-state index in [4.69, 9.17) is 4.74 Å². The molecule has 0 radical (unpaired) electrons. The van der Waals surface area contributed by atoms with E-state index < -0.39 is 0 Å². The molecule has 4 nitrogen and oxygen atoms in total. The maximum absolute atomic E-state index is 11.5. The number of carbonyl (C=O) groups excluding carboxylic acids is 1. The zero-order valence-corrected chi connectivity index (χ0v) is 10.6. The van der Waals surface area contributed by atoms with Crippen LogP contribution in [0.15, 0.2) is 17.2 Å². The number of nitrogens with one attached hydrogen (secondary N) is 1. The highest BCUT2D eigenvalue weighted by Crippen LogP contribution is 2.20. The number of hydrogen-bond donors (Lipinski definition) is 1. The van der Waals surface area contributed by atoms with Crippen LogP contribution in [-0.4, -0.2) is 24.1 Å². The molecule has 5 heteroatoms. The molecular weight excluding hydrogens is 224 g/mol. The zero-order chi connectivity index (χ0) is 12.0. The Morgan fingerprint density at radius 3 is 3.00 bits per heavy atom. The van der Waals surface area contributed by atoms with E-state index in [1.54, 1.807) is 12.4 Å². The van der Waals surface area contributed by atoms with Crippen LogP contribution in [0.25, 0.3) is 0 Å². The van der Waals surface area contributed by atoms with Crippen LogP contribution in [0.3, 0.4) is 0 Å². The highest BCUT2D eigenvalue weighted by molar-refractivity contribution is 7.14. The number of esters is 1. The SMILES string of the molecule is CCOC(=O)c1ncsc1NCC=C(C)C. The molecule has 16 heavy (non-hydrogen) atoms. The molecule has 0 aromatic carbocycles. The quantitative estimate of drug-likeness (QED) is 0.635. The van der Waals surface area contributed by atoms with Gasteiger partial charge in [0.2, 0.25) is 0 Å². The van der Waals surface area contributed by atoms with Crippen molar-refractivity contribution in [2.45, 2.75) is 20.8 Å². The first-order valence-corrected chi connectivity index (χ1v) is 6.01. The highest BCUT2D eigenvalue weighted by Gasteiger charge is 2.15. The molecule has 0 aliphatic heterocycles. The fraction of sp³-hybridized carbons (Fsp3) is 0.455. The maximum atomic E-state index is 11.5. The maximum Gasteiger partial charge on any atom is 0.360 e. The van der Waals surface area contributed by atoms with Crippen LogP contribution < -0.4 is 5.32 Å². The van der Waals surface area contributed by atoms with Gasteiger partial charge in [-0.05, 0) is 20.8 Å². The largest absolute Gasteiger partial charge is 0.461 e. The molecule has 0 saturated carbocycles. The molecule has 0 unspecified atom stereocenters. The van der Waals surface area contributed by atoms with Crippen LogP contribution >= 0.6 is 11.3 Å². The lowest BCUT2D eigenvalue weighted by atomic mass is 10.3. The summed E-state index contributed by atoms with van der Waals surface area (Å²) in [5, 5.41) is 3.90. The Bertz CT molecular complexity index is 381. The molecule has 0 saturated heterocycles. The summed E-state index contributed by atoms with van der Waals surface area (Å²) in [6.07, 6.45) is 2.05. The van der Waals surface area contributed by atoms with Crippen LogP contribution in [0, 0.1) is 0 Å². The first kappa shape index (κ1) is 12.7. The molecule has 1 aromatic heterocycles. The van der Waals surface area contributed by atoms with Crippen LogP contribution in [0.2, 0.25) is 0 Å². The Morgan fingerprint density at radius 2 is 2.38 bits per heavy atom. The molecule has 0 aliphatic carbocycles. The second-order valence-electron chi connectivity index (χ2n) is 3.41. The third-order valence-electron chi connectivity index (χ3n) is 1.81. The van der Waals surface area contributed by atoms with E-state index >= 15 is 0 Å². The number of hydrogen-bond acceptors (Lipinski definition) is 5. The third-order valence-corrected chi connectivity index (χ3v) is 2.59. The minimum absolute atomic E-state index is 0.365. The zero-order valence-electron chi connectivity index (χ0n) is 9.74. The lowest BCUT2D eigenvalue weighted by Gasteiger charge is -2.03. The number of ether oxygens (including phenoxy) is 1. The predicted octanol–water partition coefficient (Wildman–Crippen LogP) is 2.70. The number of nitrogens with zero attached hydrogens (tertiary/aromatic N) is 1. The number of thiazole rings is 1. The van der Waals surface area contributed by atoms with E-state index in [1.165, 1.54) is 16.9 Å². The van der Waals surface area contributed by atoms with E-state index in [2.05, 4.69) is 16.4 Å². The lowest BCUT2D eigenvalue weighted by Crippen LogP contribution is -2.09. The summed E-state index contributed by atoms with van der Waals surface area (Å²) in [6, 6.07) is 0. The van der Waals surface area contributed by atoms with Gasteiger partial charge in [-0.1, -0.05) is 11.6 Å². The van der Waals surface area contributed by atoms with Gasteiger partial charge < -0.3 is 10.1 Å². The molecule has 0 bridgehead atoms. The Balaban J connectivity index is 2.63. The number of aromatic nitrogens is 1. The monoisotopic (exact) mass is 240 g/mol. The van der Waals surface area contributed by atoms with Gasteiger partial charge in [0.15, 0.2) is 5.69 Å². The van der Waals surface area contributed by atoms with Gasteiger partial charge >= 0.3 is 5.97 Å². The topological polar surface area (TPSA) is 51.2 Å². The lowest BCUT2D eigenvalue weighted by molar-refractivity contribution is 0.0521. The minimum atomic E-state index is -0.372. The van der Waals surface area contributed by atoms with Gasteiger partial charge in [0.25, 0.3) is 0 Å². The van der Waals surface area contributed by atoms with Crippen molar-refractivity contribution in [2.75, 3.05) is 18.5 Å². The smallest absolute Gasteiger partial charge is 0.360 e. The third kappa shape index (κ3) is 3.66. The Kier molecular flexibility index (Phi) is 4.98. The first-order chi connectivity index (χ1) is 7.65. The van der Waals surface area contributed by atoms with E-state index in [9.17, 15) is 4.79 Å². The molecule has 1 aromatic rings. The van der Waals surface area contributed by atoms with E-state index in [-0.39, 0.29) is 5.97 Å². The molecule has 0 atom stereocenters. The van der Waals surface area contributed by atoms with E-state index in [0.29, 0.717) is 18.8 Å². The van der Waals surface area contributed by atoms with Crippen molar-refractivity contribution in [2.24, 2.45) is 0 Å². The molecule has 88 valence electrons. The normalized spacial score (nSPS) is 9.69. The van der Waals surface area contributed by atoms with E-state index in [1.807, 2.05) is 13.8 Å². The number of allylic oxidation sites excluding steroid dienone is 1. The van der Waals surface area contributed by atoms with Crippen molar-refractivity contribution < 1.29 is 9.53 Å². The van der Waals surface area contributed by atoms with Crippen molar-refractivity contribution in [3.05, 3.63) is 22.9 Å². The summed E-state index contributed by atoms with van der Waals surface area (Å²) in [5.41, 5.74) is 3.24. The number of anilines is 1. The van der Waals surface area contributed by atoms with Crippen LogP contribution in [0.4, 0.5) is 5.00 Å². The molecule has 0 fully saturated rings. The number of carbonyl (C=O) groups is 1. The predicted molar refractivity (Wildman–Crippen MR) is 66.0 cm³/mol. The second-order valence-corrected chi connectivity index (χ2v) is 4.27. The highest BCUT2D eigenvalue weighted by atomic mass is 32.1. The summed E-state index contributed by atoms with van der Waals surface area (Å²) < 4.78 is 4.90. The summed E-state index contributed by atoms with van der Waals surface area (Å²) in [7, 11) is 0. The van der Waals surface area contributed by atoms with Crippen molar-refractivity contribution in [3.8, 4) is 0 Å². The van der Waals surface area contributed by atoms with Gasteiger partial charge in [0.1, 0.15) is 5.00 Å². The molecular formula is C11H16N2O2S. The van der Waals surface area contributed by atoms with Crippen molar-refractivity contribution in [1.82, 2.24) is 4.98 Å². The Hall–Kier alpha value is -1.36. The van der Waals surface area contributed by atoms with Crippen LogP contribution in [0.5, 0.6) is 0 Å². The number of rotatable bonds is 5. The minimum Gasteiger partial charge on any atom is -0.461 e. The first-order valence-electron chi connectivity index (χ1n) is 5.13. The molecule has 0 aliphatic rings. The fourth-order valence-corrected chi connectivity index (χ4v) is 1.74. The average Bonchev–Trinajstić information content (AvgIpc) is 2.66. The Morgan fingerprint density at radius 1 is 1.62 bits per heavy atom. The molecule has 1 heterocycles. The van der Waals surface area contributed by atoms with Gasteiger partial charge in [-0.3, -0.25) is 0 Å². The van der Waals surface area contributed by atoms with E-state index in [0.717, 1.165) is 5.00 Å². The van der Waals surface area contributed by atoms with Crippen molar-refractivity contribution in [1.29, 1.82) is 0 Å². The van der Waals surface area contributed by atoms with Crippen molar-refractivity contribution >= 4 is 22.3 Å². The summed E-state index contributed by atoms with van der Waals surface area (Å²) in [4.78, 5) is 15.5. The molecule has 0 spiro atoms. The molecule has 1 rings (SSSR count). The second kappa shape index (κ2) is 6.27. The van der Waals surface area contributed by atoms with Gasteiger partial charge in [0.05, 0.1) is 12.1 Å². The van der Waals surface area contributed by atoms with Gasteiger partial charge in [-0.2, -0.15) is 0 Å². The Labute approximate surface area is 99.3 Å². The average molecular weight is 240 g/mol.